The average molecular weight is 217 g/mol. The Balaban J connectivity index is 2.11. The van der Waals surface area contributed by atoms with Crippen molar-refractivity contribution >= 4 is 17.7 Å². The molecule has 1 rings (SSSR count). The molecule has 0 aromatic rings. The number of hydrogen-bond acceptors (Lipinski definition) is 4. The van der Waals surface area contributed by atoms with Gasteiger partial charge in [0.2, 0.25) is 0 Å². The van der Waals surface area contributed by atoms with E-state index < -0.39 is 0 Å². The second kappa shape index (κ2) is 5.61. The molecule has 0 radical (unpaired) electrons. The summed E-state index contributed by atoms with van der Waals surface area (Å²) in [5, 5.41) is 3.16. The molecule has 1 N–H and O–H groups in total. The predicted octanol–water partition coefficient (Wildman–Crippen LogP) is 1.42. The van der Waals surface area contributed by atoms with Crippen LogP contribution in [0, 0.1) is 0 Å². The van der Waals surface area contributed by atoms with Gasteiger partial charge >= 0.3 is 5.97 Å². The molecule has 1 saturated heterocycles. The molecule has 82 valence electrons. The van der Waals surface area contributed by atoms with Gasteiger partial charge in [0, 0.05) is 11.3 Å². The summed E-state index contributed by atoms with van der Waals surface area (Å²) >= 11 is 2.00. The molecule has 0 spiro atoms. The van der Waals surface area contributed by atoms with Gasteiger partial charge < -0.3 is 10.1 Å². The summed E-state index contributed by atoms with van der Waals surface area (Å²) in [6, 6.07) is 0. The van der Waals surface area contributed by atoms with E-state index in [0.717, 1.165) is 6.54 Å². The Kier molecular flexibility index (Phi) is 4.75. The van der Waals surface area contributed by atoms with Crippen molar-refractivity contribution in [1.82, 2.24) is 5.32 Å². The zero-order valence-electron chi connectivity index (χ0n) is 8.97. The molecular formula is C10H19NO2S. The van der Waals surface area contributed by atoms with Crippen LogP contribution in [0.5, 0.6) is 0 Å². The monoisotopic (exact) mass is 217 g/mol. The maximum absolute atomic E-state index is 11.0. The Morgan fingerprint density at radius 2 is 2.43 bits per heavy atom. The molecule has 0 aromatic heterocycles. The fourth-order valence-corrected chi connectivity index (χ4v) is 2.89. The number of esters is 1. The van der Waals surface area contributed by atoms with E-state index in [1.54, 1.807) is 0 Å². The Hall–Kier alpha value is -0.220. The molecule has 0 aliphatic carbocycles. The normalized spacial score (nSPS) is 26.4. The lowest BCUT2D eigenvalue weighted by atomic mass is 10.1. The molecule has 0 aromatic carbocycles. The number of carbonyl (C=O) groups is 1. The lowest BCUT2D eigenvalue weighted by Crippen LogP contribution is -2.36. The van der Waals surface area contributed by atoms with E-state index >= 15 is 0 Å². The van der Waals surface area contributed by atoms with Crippen molar-refractivity contribution in [2.45, 2.75) is 31.4 Å². The minimum atomic E-state index is -0.154. The third-order valence-corrected chi connectivity index (χ3v) is 3.91. The summed E-state index contributed by atoms with van der Waals surface area (Å²) in [4.78, 5) is 11.0. The molecule has 1 atom stereocenters. The quantitative estimate of drug-likeness (QED) is 0.707. The van der Waals surface area contributed by atoms with Gasteiger partial charge in [-0.3, -0.25) is 4.79 Å². The Bertz CT molecular complexity index is 191. The molecule has 0 bridgehead atoms. The van der Waals surface area contributed by atoms with Crippen LogP contribution in [0.15, 0.2) is 0 Å². The van der Waals surface area contributed by atoms with E-state index in [4.69, 9.17) is 4.74 Å². The Morgan fingerprint density at radius 1 is 1.64 bits per heavy atom. The highest BCUT2D eigenvalue weighted by Crippen LogP contribution is 2.36. The number of hydrogen-bond donors (Lipinski definition) is 1. The predicted molar refractivity (Wildman–Crippen MR) is 59.6 cm³/mol. The van der Waals surface area contributed by atoms with Gasteiger partial charge in [-0.15, -0.1) is 0 Å². The second-order valence-electron chi connectivity index (χ2n) is 3.81. The SMILES string of the molecule is CCOC(=O)CNCC1(C)CCCS1. The van der Waals surface area contributed by atoms with Crippen molar-refractivity contribution in [3.05, 3.63) is 0 Å². The molecular weight excluding hydrogens is 198 g/mol. The molecule has 1 aliphatic rings. The van der Waals surface area contributed by atoms with Gasteiger partial charge in [0.1, 0.15) is 0 Å². The van der Waals surface area contributed by atoms with Crippen molar-refractivity contribution in [2.75, 3.05) is 25.4 Å². The first kappa shape index (κ1) is 11.9. The zero-order valence-corrected chi connectivity index (χ0v) is 9.78. The third-order valence-electron chi connectivity index (χ3n) is 2.37. The first-order chi connectivity index (χ1) is 6.66. The highest BCUT2D eigenvalue weighted by Gasteiger charge is 2.28. The minimum Gasteiger partial charge on any atom is -0.465 e. The molecule has 3 nitrogen and oxygen atoms in total. The van der Waals surface area contributed by atoms with E-state index in [1.807, 2.05) is 18.7 Å². The fraction of sp³-hybridized carbons (Fsp3) is 0.900. The standard InChI is InChI=1S/C10H19NO2S/c1-3-13-9(12)7-11-8-10(2)5-4-6-14-10/h11H,3-8H2,1-2H3. The van der Waals surface area contributed by atoms with Crippen molar-refractivity contribution < 1.29 is 9.53 Å². The summed E-state index contributed by atoms with van der Waals surface area (Å²) in [6.45, 7) is 5.78. The van der Waals surface area contributed by atoms with Gasteiger partial charge in [0.05, 0.1) is 13.2 Å². The van der Waals surface area contributed by atoms with Crippen LogP contribution in [-0.2, 0) is 9.53 Å². The van der Waals surface area contributed by atoms with Crippen LogP contribution in [0.4, 0.5) is 0 Å². The van der Waals surface area contributed by atoms with Gasteiger partial charge in [-0.2, -0.15) is 11.8 Å². The molecule has 1 heterocycles. The van der Waals surface area contributed by atoms with Crippen LogP contribution in [-0.4, -0.2) is 36.2 Å². The van der Waals surface area contributed by atoms with Crippen molar-refractivity contribution in [1.29, 1.82) is 0 Å². The van der Waals surface area contributed by atoms with E-state index in [9.17, 15) is 4.79 Å². The molecule has 4 heteroatoms. The average Bonchev–Trinajstić information content (AvgIpc) is 2.53. The van der Waals surface area contributed by atoms with E-state index in [-0.39, 0.29) is 5.97 Å². The van der Waals surface area contributed by atoms with Crippen LogP contribution in [0.25, 0.3) is 0 Å². The Labute approximate surface area is 90.0 Å². The van der Waals surface area contributed by atoms with Gasteiger partial charge in [-0.25, -0.2) is 0 Å². The van der Waals surface area contributed by atoms with Crippen LogP contribution in [0.3, 0.4) is 0 Å². The number of ether oxygens (including phenoxy) is 1. The third kappa shape index (κ3) is 3.88. The zero-order chi connectivity index (χ0) is 10.4. The van der Waals surface area contributed by atoms with Gasteiger partial charge in [-0.1, -0.05) is 0 Å². The van der Waals surface area contributed by atoms with Crippen LogP contribution >= 0.6 is 11.8 Å². The van der Waals surface area contributed by atoms with Crippen LogP contribution in [0.1, 0.15) is 26.7 Å². The van der Waals surface area contributed by atoms with Crippen molar-refractivity contribution in [3.63, 3.8) is 0 Å². The summed E-state index contributed by atoms with van der Waals surface area (Å²) in [5.41, 5.74) is 0. The van der Waals surface area contributed by atoms with E-state index in [1.165, 1.54) is 18.6 Å². The number of nitrogens with one attached hydrogen (secondary N) is 1. The molecule has 1 aliphatic heterocycles. The summed E-state index contributed by atoms with van der Waals surface area (Å²) in [5.74, 6) is 1.09. The van der Waals surface area contributed by atoms with Gasteiger partial charge in [0.25, 0.3) is 0 Å². The van der Waals surface area contributed by atoms with Crippen molar-refractivity contribution in [3.8, 4) is 0 Å². The highest BCUT2D eigenvalue weighted by atomic mass is 32.2. The molecule has 14 heavy (non-hydrogen) atoms. The smallest absolute Gasteiger partial charge is 0.319 e. The van der Waals surface area contributed by atoms with Gasteiger partial charge in [-0.05, 0) is 32.4 Å². The van der Waals surface area contributed by atoms with Crippen LogP contribution < -0.4 is 5.32 Å². The maximum atomic E-state index is 11.0. The van der Waals surface area contributed by atoms with E-state index in [2.05, 4.69) is 12.2 Å². The Morgan fingerprint density at radius 3 is 3.00 bits per heavy atom. The molecule has 1 fully saturated rings. The fourth-order valence-electron chi connectivity index (χ4n) is 1.62. The summed E-state index contributed by atoms with van der Waals surface area (Å²) in [6.07, 6.45) is 2.54. The molecule has 1 unspecified atom stereocenters. The first-order valence-electron chi connectivity index (χ1n) is 5.16. The van der Waals surface area contributed by atoms with Crippen molar-refractivity contribution in [2.24, 2.45) is 0 Å². The van der Waals surface area contributed by atoms with E-state index in [0.29, 0.717) is 17.9 Å². The largest absolute Gasteiger partial charge is 0.465 e. The first-order valence-corrected chi connectivity index (χ1v) is 6.15. The number of rotatable bonds is 5. The number of carbonyl (C=O) groups excluding carboxylic acids is 1. The minimum absolute atomic E-state index is 0.154. The van der Waals surface area contributed by atoms with Crippen LogP contribution in [0.2, 0.25) is 0 Å². The molecule has 0 amide bonds. The summed E-state index contributed by atoms with van der Waals surface area (Å²) < 4.78 is 5.16. The maximum Gasteiger partial charge on any atom is 0.319 e. The summed E-state index contributed by atoms with van der Waals surface area (Å²) in [7, 11) is 0. The number of thioether (sulfide) groups is 1. The lowest BCUT2D eigenvalue weighted by molar-refractivity contribution is -0.142. The highest BCUT2D eigenvalue weighted by molar-refractivity contribution is 8.00. The molecule has 0 saturated carbocycles. The lowest BCUT2D eigenvalue weighted by Gasteiger charge is -2.22. The second-order valence-corrected chi connectivity index (χ2v) is 5.49. The van der Waals surface area contributed by atoms with Gasteiger partial charge in [0.15, 0.2) is 0 Å². The topological polar surface area (TPSA) is 38.3 Å².